The van der Waals surface area contributed by atoms with Crippen LogP contribution in [0, 0.1) is 10.1 Å². The lowest BCUT2D eigenvalue weighted by atomic mass is 10.2. The molecular formula is C10H5NO6. The Labute approximate surface area is 93.1 Å². The van der Waals surface area contributed by atoms with Crippen LogP contribution in [0.3, 0.4) is 0 Å². The van der Waals surface area contributed by atoms with Crippen LogP contribution in [0.4, 0.5) is 5.69 Å². The van der Waals surface area contributed by atoms with Gasteiger partial charge in [0, 0.05) is 12.1 Å². The molecule has 7 heteroatoms. The van der Waals surface area contributed by atoms with Crippen molar-refractivity contribution >= 4 is 22.6 Å². The van der Waals surface area contributed by atoms with Crippen LogP contribution in [-0.4, -0.2) is 16.0 Å². The van der Waals surface area contributed by atoms with Gasteiger partial charge in [0.15, 0.2) is 0 Å². The Morgan fingerprint density at radius 2 is 2.12 bits per heavy atom. The fourth-order valence-electron chi connectivity index (χ4n) is 1.45. The van der Waals surface area contributed by atoms with Crippen LogP contribution in [-0.2, 0) is 0 Å². The quantitative estimate of drug-likeness (QED) is 0.622. The Kier molecular flexibility index (Phi) is 2.36. The summed E-state index contributed by atoms with van der Waals surface area (Å²) in [6.45, 7) is 0. The molecule has 7 nitrogen and oxygen atoms in total. The monoisotopic (exact) mass is 235 g/mol. The molecule has 0 bridgehead atoms. The minimum atomic E-state index is -1.41. The fourth-order valence-corrected chi connectivity index (χ4v) is 1.45. The number of carbonyl (C=O) groups is 1. The molecule has 0 saturated heterocycles. The van der Waals surface area contributed by atoms with E-state index in [1.807, 2.05) is 0 Å². The number of nitro groups is 1. The molecule has 1 aromatic heterocycles. The standard InChI is InChI=1S/C10H5NO6/c12-6-4-8(10(13)14)17-7-3-1-2-5(9(6)7)11(15)16/h1-4H,(H,13,14). The van der Waals surface area contributed by atoms with E-state index < -0.39 is 27.8 Å². The van der Waals surface area contributed by atoms with E-state index in [4.69, 9.17) is 9.52 Å². The van der Waals surface area contributed by atoms with Gasteiger partial charge in [0.1, 0.15) is 11.0 Å². The van der Waals surface area contributed by atoms with Crippen LogP contribution in [0.25, 0.3) is 11.0 Å². The highest BCUT2D eigenvalue weighted by Crippen LogP contribution is 2.22. The van der Waals surface area contributed by atoms with Gasteiger partial charge in [-0.15, -0.1) is 0 Å². The summed E-state index contributed by atoms with van der Waals surface area (Å²) in [7, 11) is 0. The van der Waals surface area contributed by atoms with Gasteiger partial charge in [-0.05, 0) is 6.07 Å². The van der Waals surface area contributed by atoms with Crippen molar-refractivity contribution in [2.45, 2.75) is 0 Å². The molecule has 1 aromatic carbocycles. The Morgan fingerprint density at radius 1 is 1.41 bits per heavy atom. The van der Waals surface area contributed by atoms with Crippen LogP contribution >= 0.6 is 0 Å². The van der Waals surface area contributed by atoms with Crippen molar-refractivity contribution in [2.75, 3.05) is 0 Å². The lowest BCUT2D eigenvalue weighted by Gasteiger charge is -1.99. The SMILES string of the molecule is O=C(O)c1cc(=O)c2c([N+](=O)[O-])cccc2o1. The van der Waals surface area contributed by atoms with Gasteiger partial charge < -0.3 is 9.52 Å². The number of hydrogen-bond acceptors (Lipinski definition) is 5. The number of hydrogen-bond donors (Lipinski definition) is 1. The van der Waals surface area contributed by atoms with Crippen molar-refractivity contribution in [2.24, 2.45) is 0 Å². The molecule has 0 aliphatic rings. The molecular weight excluding hydrogens is 230 g/mol. The smallest absolute Gasteiger partial charge is 0.371 e. The summed E-state index contributed by atoms with van der Waals surface area (Å²) in [5, 5.41) is 19.1. The molecule has 0 aliphatic heterocycles. The van der Waals surface area contributed by atoms with Gasteiger partial charge in [0.2, 0.25) is 11.2 Å². The molecule has 0 amide bonds. The maximum absolute atomic E-state index is 11.6. The van der Waals surface area contributed by atoms with Crippen molar-refractivity contribution in [3.05, 3.63) is 50.4 Å². The van der Waals surface area contributed by atoms with Gasteiger partial charge in [0.05, 0.1) is 4.92 Å². The van der Waals surface area contributed by atoms with Crippen molar-refractivity contribution in [3.8, 4) is 0 Å². The Morgan fingerprint density at radius 3 is 2.71 bits per heavy atom. The highest BCUT2D eigenvalue weighted by Gasteiger charge is 2.18. The molecule has 0 radical (unpaired) electrons. The third-order valence-corrected chi connectivity index (χ3v) is 2.14. The van der Waals surface area contributed by atoms with Crippen molar-refractivity contribution < 1.29 is 19.2 Å². The van der Waals surface area contributed by atoms with Gasteiger partial charge in [-0.3, -0.25) is 14.9 Å². The van der Waals surface area contributed by atoms with E-state index in [9.17, 15) is 19.7 Å². The zero-order chi connectivity index (χ0) is 12.6. The number of carboxylic acids is 1. The highest BCUT2D eigenvalue weighted by atomic mass is 16.6. The molecule has 0 atom stereocenters. The van der Waals surface area contributed by atoms with Gasteiger partial charge in [-0.2, -0.15) is 0 Å². The molecule has 0 fully saturated rings. The summed E-state index contributed by atoms with van der Waals surface area (Å²) >= 11 is 0. The van der Waals surface area contributed by atoms with E-state index in [1.165, 1.54) is 12.1 Å². The Hall–Kier alpha value is -2.70. The molecule has 2 rings (SSSR count). The van der Waals surface area contributed by atoms with E-state index in [2.05, 4.69) is 0 Å². The normalized spacial score (nSPS) is 10.4. The number of benzene rings is 1. The predicted molar refractivity (Wildman–Crippen MR) is 56.1 cm³/mol. The first-order valence-corrected chi connectivity index (χ1v) is 4.45. The minimum Gasteiger partial charge on any atom is -0.475 e. The maximum Gasteiger partial charge on any atom is 0.371 e. The second kappa shape index (κ2) is 3.71. The lowest BCUT2D eigenvalue weighted by Crippen LogP contribution is -2.08. The summed E-state index contributed by atoms with van der Waals surface area (Å²) in [6, 6.07) is 4.49. The summed E-state index contributed by atoms with van der Waals surface area (Å²) < 4.78 is 4.89. The molecule has 1 N–H and O–H groups in total. The lowest BCUT2D eigenvalue weighted by molar-refractivity contribution is -0.383. The van der Waals surface area contributed by atoms with E-state index >= 15 is 0 Å². The third kappa shape index (κ3) is 1.73. The van der Waals surface area contributed by atoms with Gasteiger partial charge in [-0.1, -0.05) is 6.07 Å². The number of nitrogens with zero attached hydrogens (tertiary/aromatic N) is 1. The Bertz CT molecular complexity index is 687. The number of aromatic carboxylic acids is 1. The van der Waals surface area contributed by atoms with E-state index in [1.54, 1.807) is 0 Å². The van der Waals surface area contributed by atoms with E-state index in [-0.39, 0.29) is 11.0 Å². The van der Waals surface area contributed by atoms with Crippen LogP contribution in [0.15, 0.2) is 33.5 Å². The average Bonchev–Trinajstić information content (AvgIpc) is 2.27. The van der Waals surface area contributed by atoms with Crippen molar-refractivity contribution in [3.63, 3.8) is 0 Å². The number of carboxylic acid groups (broad SMARTS) is 1. The molecule has 1 heterocycles. The molecule has 0 aliphatic carbocycles. The highest BCUT2D eigenvalue weighted by molar-refractivity contribution is 5.90. The summed E-state index contributed by atoms with van der Waals surface area (Å²) in [4.78, 5) is 32.2. The first kappa shape index (κ1) is 10.8. The topological polar surface area (TPSA) is 111 Å². The number of nitro benzene ring substituents is 1. The molecule has 17 heavy (non-hydrogen) atoms. The Balaban J connectivity index is 2.90. The largest absolute Gasteiger partial charge is 0.475 e. The number of non-ortho nitro benzene ring substituents is 1. The van der Waals surface area contributed by atoms with Crippen LogP contribution in [0.5, 0.6) is 0 Å². The maximum atomic E-state index is 11.6. The van der Waals surface area contributed by atoms with Gasteiger partial charge in [0.25, 0.3) is 5.69 Å². The van der Waals surface area contributed by atoms with Crippen molar-refractivity contribution in [1.29, 1.82) is 0 Å². The van der Waals surface area contributed by atoms with E-state index in [0.717, 1.165) is 12.1 Å². The van der Waals surface area contributed by atoms with Gasteiger partial charge >= 0.3 is 5.97 Å². The molecule has 0 spiro atoms. The molecule has 0 saturated carbocycles. The number of rotatable bonds is 2. The average molecular weight is 235 g/mol. The number of fused-ring (bicyclic) bond motifs is 1. The predicted octanol–water partition coefficient (Wildman–Crippen LogP) is 1.40. The van der Waals surface area contributed by atoms with Gasteiger partial charge in [-0.25, -0.2) is 4.79 Å². The van der Waals surface area contributed by atoms with Crippen molar-refractivity contribution in [1.82, 2.24) is 0 Å². The minimum absolute atomic E-state index is 0.121. The van der Waals surface area contributed by atoms with Crippen LogP contribution < -0.4 is 5.43 Å². The zero-order valence-electron chi connectivity index (χ0n) is 8.25. The zero-order valence-corrected chi connectivity index (χ0v) is 8.25. The second-order valence-electron chi connectivity index (χ2n) is 3.19. The summed E-state index contributed by atoms with van der Waals surface area (Å²) in [6.07, 6.45) is 0. The molecule has 86 valence electrons. The second-order valence-corrected chi connectivity index (χ2v) is 3.19. The molecule has 0 unspecified atom stereocenters. The summed E-state index contributed by atoms with van der Waals surface area (Å²) in [5.41, 5.74) is -1.28. The van der Waals surface area contributed by atoms with Crippen LogP contribution in [0.1, 0.15) is 10.6 Å². The summed E-state index contributed by atoms with van der Waals surface area (Å²) in [5.74, 6) is -1.96. The van der Waals surface area contributed by atoms with E-state index in [0.29, 0.717) is 0 Å². The first-order chi connectivity index (χ1) is 8.00. The first-order valence-electron chi connectivity index (χ1n) is 4.45. The van der Waals surface area contributed by atoms with Crippen LogP contribution in [0.2, 0.25) is 0 Å². The molecule has 2 aromatic rings. The fraction of sp³-hybridized carbons (Fsp3) is 0. The third-order valence-electron chi connectivity index (χ3n) is 2.14.